The summed E-state index contributed by atoms with van der Waals surface area (Å²) >= 11 is 11.8. The standard InChI is InChI=1S/C12H7Cl2F3N2O2/c1-5-7(13)2-6(3-8(5)14)11-10(12(15,16)17)9(4-18-11)19(20)21/h2-4,18H,1H3. The lowest BCUT2D eigenvalue weighted by atomic mass is 10.1. The number of nitrogens with zero attached hydrogens (tertiary/aromatic N) is 1. The van der Waals surface area contributed by atoms with Gasteiger partial charge in [-0.3, -0.25) is 10.1 Å². The second-order valence-electron chi connectivity index (χ2n) is 4.24. The summed E-state index contributed by atoms with van der Waals surface area (Å²) in [6.07, 6.45) is -4.19. The molecule has 0 aliphatic carbocycles. The van der Waals surface area contributed by atoms with Crippen molar-refractivity contribution >= 4 is 28.9 Å². The van der Waals surface area contributed by atoms with Crippen LogP contribution in [-0.4, -0.2) is 9.91 Å². The minimum Gasteiger partial charge on any atom is -0.355 e. The molecule has 1 N–H and O–H groups in total. The number of hydrogen-bond acceptors (Lipinski definition) is 2. The third-order valence-corrected chi connectivity index (χ3v) is 3.69. The van der Waals surface area contributed by atoms with Gasteiger partial charge in [-0.2, -0.15) is 13.2 Å². The van der Waals surface area contributed by atoms with E-state index in [1.165, 1.54) is 12.1 Å². The van der Waals surface area contributed by atoms with Gasteiger partial charge in [0.05, 0.1) is 16.8 Å². The van der Waals surface area contributed by atoms with Gasteiger partial charge in [-0.15, -0.1) is 0 Å². The summed E-state index contributed by atoms with van der Waals surface area (Å²) in [6.45, 7) is 1.61. The number of hydrogen-bond donors (Lipinski definition) is 1. The van der Waals surface area contributed by atoms with Crippen LogP contribution in [0, 0.1) is 17.0 Å². The molecule has 0 amide bonds. The van der Waals surface area contributed by atoms with E-state index in [1.807, 2.05) is 0 Å². The molecule has 0 aliphatic rings. The zero-order valence-electron chi connectivity index (χ0n) is 10.4. The molecule has 2 rings (SSSR count). The molecular formula is C12H7Cl2F3N2O2. The van der Waals surface area contributed by atoms with Crippen LogP contribution in [0.3, 0.4) is 0 Å². The molecule has 0 saturated carbocycles. The molecule has 0 unspecified atom stereocenters. The van der Waals surface area contributed by atoms with E-state index in [-0.39, 0.29) is 15.6 Å². The number of rotatable bonds is 2. The first-order chi connectivity index (χ1) is 9.62. The lowest BCUT2D eigenvalue weighted by Crippen LogP contribution is -2.08. The minimum atomic E-state index is -4.89. The van der Waals surface area contributed by atoms with Crippen LogP contribution < -0.4 is 0 Å². The van der Waals surface area contributed by atoms with Gasteiger partial charge in [0, 0.05) is 15.6 Å². The van der Waals surface area contributed by atoms with Gasteiger partial charge < -0.3 is 4.98 Å². The van der Waals surface area contributed by atoms with Gasteiger partial charge >= 0.3 is 6.18 Å². The highest BCUT2D eigenvalue weighted by Gasteiger charge is 2.42. The average molecular weight is 339 g/mol. The van der Waals surface area contributed by atoms with Crippen LogP contribution >= 0.6 is 23.2 Å². The predicted molar refractivity (Wildman–Crippen MR) is 72.6 cm³/mol. The molecule has 0 saturated heterocycles. The number of nitrogens with one attached hydrogen (secondary N) is 1. The lowest BCUT2D eigenvalue weighted by Gasteiger charge is -2.10. The summed E-state index contributed by atoms with van der Waals surface area (Å²) in [5.74, 6) is 0. The van der Waals surface area contributed by atoms with E-state index in [9.17, 15) is 23.3 Å². The Kier molecular flexibility index (Phi) is 3.90. The van der Waals surface area contributed by atoms with E-state index in [0.717, 1.165) is 0 Å². The van der Waals surface area contributed by atoms with E-state index in [1.54, 1.807) is 6.92 Å². The highest BCUT2D eigenvalue weighted by molar-refractivity contribution is 6.36. The normalized spacial score (nSPS) is 11.7. The second-order valence-corrected chi connectivity index (χ2v) is 5.06. The van der Waals surface area contributed by atoms with Crippen LogP contribution in [0.1, 0.15) is 11.1 Å². The Bertz CT molecular complexity index is 703. The van der Waals surface area contributed by atoms with Crippen LogP contribution in [0.25, 0.3) is 11.3 Å². The van der Waals surface area contributed by atoms with Crippen LogP contribution in [0.5, 0.6) is 0 Å². The molecule has 0 radical (unpaired) electrons. The Hall–Kier alpha value is -1.73. The molecule has 1 aromatic carbocycles. The highest BCUT2D eigenvalue weighted by Crippen LogP contribution is 2.43. The van der Waals surface area contributed by atoms with Gasteiger partial charge in [-0.05, 0) is 24.6 Å². The molecular weight excluding hydrogens is 332 g/mol. The maximum Gasteiger partial charge on any atom is 0.425 e. The lowest BCUT2D eigenvalue weighted by molar-refractivity contribution is -0.387. The fourth-order valence-electron chi connectivity index (χ4n) is 1.86. The summed E-state index contributed by atoms with van der Waals surface area (Å²) in [5, 5.41) is 11.1. The van der Waals surface area contributed by atoms with Gasteiger partial charge in [-0.1, -0.05) is 23.2 Å². The van der Waals surface area contributed by atoms with Crippen molar-refractivity contribution in [1.82, 2.24) is 4.98 Å². The van der Waals surface area contributed by atoms with Crippen molar-refractivity contribution in [1.29, 1.82) is 0 Å². The maximum absolute atomic E-state index is 13.1. The molecule has 0 atom stereocenters. The average Bonchev–Trinajstić information content (AvgIpc) is 2.79. The van der Waals surface area contributed by atoms with Crippen molar-refractivity contribution in [3.63, 3.8) is 0 Å². The molecule has 2 aromatic rings. The molecule has 0 bridgehead atoms. The van der Waals surface area contributed by atoms with Gasteiger partial charge in [0.1, 0.15) is 0 Å². The molecule has 21 heavy (non-hydrogen) atoms. The first kappa shape index (κ1) is 15.7. The summed E-state index contributed by atoms with van der Waals surface area (Å²) in [6, 6.07) is 2.54. The number of H-pyrrole nitrogens is 1. The van der Waals surface area contributed by atoms with Crippen LogP contribution in [0.15, 0.2) is 18.3 Å². The largest absolute Gasteiger partial charge is 0.425 e. The number of halogens is 5. The van der Waals surface area contributed by atoms with Gasteiger partial charge in [0.2, 0.25) is 0 Å². The van der Waals surface area contributed by atoms with E-state index in [0.29, 0.717) is 11.8 Å². The Morgan fingerprint density at radius 1 is 1.24 bits per heavy atom. The number of nitro groups is 1. The summed E-state index contributed by atoms with van der Waals surface area (Å²) < 4.78 is 39.2. The van der Waals surface area contributed by atoms with E-state index >= 15 is 0 Å². The molecule has 0 fully saturated rings. The summed E-state index contributed by atoms with van der Waals surface area (Å²) in [5.41, 5.74) is -2.32. The number of benzene rings is 1. The first-order valence-corrected chi connectivity index (χ1v) is 6.27. The Balaban J connectivity index is 2.73. The third-order valence-electron chi connectivity index (χ3n) is 2.91. The molecule has 1 aromatic heterocycles. The van der Waals surface area contributed by atoms with Crippen molar-refractivity contribution in [2.24, 2.45) is 0 Å². The monoisotopic (exact) mass is 338 g/mol. The fraction of sp³-hybridized carbons (Fsp3) is 0.167. The van der Waals surface area contributed by atoms with Gasteiger partial charge in [0.25, 0.3) is 5.69 Å². The zero-order valence-corrected chi connectivity index (χ0v) is 11.9. The Labute approximate surface area is 126 Å². The number of alkyl halides is 3. The number of aromatic amines is 1. The molecule has 0 spiro atoms. The Morgan fingerprint density at radius 2 is 1.76 bits per heavy atom. The van der Waals surface area contributed by atoms with Crippen molar-refractivity contribution in [3.8, 4) is 11.3 Å². The molecule has 0 aliphatic heterocycles. The molecule has 112 valence electrons. The van der Waals surface area contributed by atoms with E-state index in [2.05, 4.69) is 4.98 Å². The van der Waals surface area contributed by atoms with Crippen molar-refractivity contribution in [2.45, 2.75) is 13.1 Å². The third kappa shape index (κ3) is 2.84. The molecule has 1 heterocycles. The fourth-order valence-corrected chi connectivity index (χ4v) is 2.35. The maximum atomic E-state index is 13.1. The van der Waals surface area contributed by atoms with Crippen molar-refractivity contribution < 1.29 is 18.1 Å². The van der Waals surface area contributed by atoms with Crippen LogP contribution in [0.2, 0.25) is 10.0 Å². The van der Waals surface area contributed by atoms with Crippen LogP contribution in [0.4, 0.5) is 18.9 Å². The van der Waals surface area contributed by atoms with E-state index in [4.69, 9.17) is 23.2 Å². The topological polar surface area (TPSA) is 58.9 Å². The predicted octanol–water partition coefficient (Wildman–Crippen LogP) is 5.22. The van der Waals surface area contributed by atoms with Gasteiger partial charge in [0.15, 0.2) is 5.56 Å². The summed E-state index contributed by atoms with van der Waals surface area (Å²) in [7, 11) is 0. The summed E-state index contributed by atoms with van der Waals surface area (Å²) in [4.78, 5) is 11.9. The van der Waals surface area contributed by atoms with Crippen molar-refractivity contribution in [3.05, 3.63) is 49.6 Å². The smallest absolute Gasteiger partial charge is 0.355 e. The number of aromatic nitrogens is 1. The zero-order chi connectivity index (χ0) is 15.9. The SMILES string of the molecule is Cc1c(Cl)cc(-c2[nH]cc([N+](=O)[O-])c2C(F)(F)F)cc1Cl. The quantitative estimate of drug-likeness (QED) is 0.602. The van der Waals surface area contributed by atoms with Crippen molar-refractivity contribution in [2.75, 3.05) is 0 Å². The molecule has 9 heteroatoms. The Morgan fingerprint density at radius 3 is 2.19 bits per heavy atom. The minimum absolute atomic E-state index is 0.0241. The first-order valence-electron chi connectivity index (χ1n) is 5.52. The van der Waals surface area contributed by atoms with Crippen LogP contribution in [-0.2, 0) is 6.18 Å². The second kappa shape index (κ2) is 5.23. The molecule has 4 nitrogen and oxygen atoms in total. The van der Waals surface area contributed by atoms with E-state index < -0.39 is 28.0 Å². The highest BCUT2D eigenvalue weighted by atomic mass is 35.5. The van der Waals surface area contributed by atoms with Gasteiger partial charge in [-0.25, -0.2) is 0 Å².